The molecule has 2 heterocycles. The SMILES string of the molecule is Cc1cc(O)c(C(=O)Nc2cncc(Cl)n2)c(=O)n1C. The maximum atomic E-state index is 12.0. The monoisotopic (exact) mass is 294 g/mol. The lowest BCUT2D eigenvalue weighted by molar-refractivity contribution is 0.102. The Morgan fingerprint density at radius 3 is 2.80 bits per heavy atom. The predicted octanol–water partition coefficient (Wildman–Crippen LogP) is 1.10. The zero-order valence-corrected chi connectivity index (χ0v) is 11.5. The molecule has 0 fully saturated rings. The van der Waals surface area contributed by atoms with E-state index >= 15 is 0 Å². The Morgan fingerprint density at radius 1 is 1.45 bits per heavy atom. The third-order valence-corrected chi connectivity index (χ3v) is 2.91. The van der Waals surface area contributed by atoms with E-state index in [1.54, 1.807) is 6.92 Å². The number of aromatic hydroxyl groups is 1. The number of nitrogens with zero attached hydrogens (tertiary/aromatic N) is 3. The molecule has 0 spiro atoms. The molecule has 1 amide bonds. The second-order valence-electron chi connectivity index (χ2n) is 4.09. The summed E-state index contributed by atoms with van der Waals surface area (Å²) in [5.41, 5.74) is -0.429. The molecular formula is C12H11ClN4O3. The highest BCUT2D eigenvalue weighted by molar-refractivity contribution is 6.29. The first-order valence-electron chi connectivity index (χ1n) is 5.58. The van der Waals surface area contributed by atoms with Gasteiger partial charge in [-0.05, 0) is 6.92 Å². The Morgan fingerprint density at radius 2 is 2.15 bits per heavy atom. The van der Waals surface area contributed by atoms with Crippen LogP contribution in [0.2, 0.25) is 5.15 Å². The van der Waals surface area contributed by atoms with E-state index in [2.05, 4.69) is 15.3 Å². The molecule has 7 nitrogen and oxygen atoms in total. The molecule has 2 rings (SSSR count). The molecule has 0 unspecified atom stereocenters. The van der Waals surface area contributed by atoms with Crippen LogP contribution < -0.4 is 10.9 Å². The van der Waals surface area contributed by atoms with Gasteiger partial charge in [0.25, 0.3) is 11.5 Å². The molecule has 20 heavy (non-hydrogen) atoms. The summed E-state index contributed by atoms with van der Waals surface area (Å²) in [6.07, 6.45) is 2.58. The quantitative estimate of drug-likeness (QED) is 0.864. The molecule has 0 saturated carbocycles. The molecule has 0 bridgehead atoms. The van der Waals surface area contributed by atoms with Gasteiger partial charge in [-0.2, -0.15) is 0 Å². The van der Waals surface area contributed by atoms with Crippen LogP contribution in [0.25, 0.3) is 0 Å². The normalized spacial score (nSPS) is 10.3. The van der Waals surface area contributed by atoms with Crippen LogP contribution >= 0.6 is 11.6 Å². The summed E-state index contributed by atoms with van der Waals surface area (Å²) in [5, 5.41) is 12.2. The number of aromatic nitrogens is 3. The van der Waals surface area contributed by atoms with Crippen molar-refractivity contribution in [3.63, 3.8) is 0 Å². The summed E-state index contributed by atoms with van der Waals surface area (Å²) >= 11 is 5.64. The summed E-state index contributed by atoms with van der Waals surface area (Å²) < 4.78 is 1.26. The van der Waals surface area contributed by atoms with Crippen molar-refractivity contribution >= 4 is 23.3 Å². The number of carbonyl (C=O) groups is 1. The minimum Gasteiger partial charge on any atom is -0.507 e. The van der Waals surface area contributed by atoms with Crippen molar-refractivity contribution in [3.8, 4) is 5.75 Å². The molecule has 8 heteroatoms. The van der Waals surface area contributed by atoms with Crippen LogP contribution in [0.15, 0.2) is 23.3 Å². The van der Waals surface area contributed by atoms with Crippen molar-refractivity contribution in [3.05, 3.63) is 45.2 Å². The van der Waals surface area contributed by atoms with Gasteiger partial charge in [-0.1, -0.05) is 11.6 Å². The molecular weight excluding hydrogens is 284 g/mol. The first kappa shape index (κ1) is 14.0. The van der Waals surface area contributed by atoms with Crippen LogP contribution in [0.4, 0.5) is 5.82 Å². The largest absolute Gasteiger partial charge is 0.507 e. The lowest BCUT2D eigenvalue weighted by Gasteiger charge is -2.09. The molecule has 104 valence electrons. The molecule has 0 aliphatic carbocycles. The van der Waals surface area contributed by atoms with E-state index in [0.29, 0.717) is 5.69 Å². The Labute approximate surface area is 118 Å². The molecule has 0 saturated heterocycles. The number of carbonyl (C=O) groups excluding carboxylic acids is 1. The average molecular weight is 295 g/mol. The summed E-state index contributed by atoms with van der Waals surface area (Å²) in [6, 6.07) is 1.33. The third-order valence-electron chi connectivity index (χ3n) is 2.72. The highest BCUT2D eigenvalue weighted by Crippen LogP contribution is 2.16. The van der Waals surface area contributed by atoms with Crippen molar-refractivity contribution < 1.29 is 9.90 Å². The molecule has 0 radical (unpaired) electrons. The lowest BCUT2D eigenvalue weighted by Crippen LogP contribution is -2.29. The van der Waals surface area contributed by atoms with Gasteiger partial charge in [-0.25, -0.2) is 4.98 Å². The maximum absolute atomic E-state index is 12.0. The van der Waals surface area contributed by atoms with Gasteiger partial charge in [0.05, 0.1) is 12.4 Å². The number of nitrogens with one attached hydrogen (secondary N) is 1. The zero-order chi connectivity index (χ0) is 14.9. The third kappa shape index (κ3) is 2.62. The van der Waals surface area contributed by atoms with Gasteiger partial charge in [0.1, 0.15) is 16.5 Å². The van der Waals surface area contributed by atoms with E-state index in [-0.39, 0.29) is 16.5 Å². The van der Waals surface area contributed by atoms with Gasteiger partial charge < -0.3 is 15.0 Å². The van der Waals surface area contributed by atoms with E-state index in [1.807, 2.05) is 0 Å². The first-order valence-corrected chi connectivity index (χ1v) is 5.96. The average Bonchev–Trinajstić information content (AvgIpc) is 2.36. The van der Waals surface area contributed by atoms with E-state index in [1.165, 1.54) is 30.1 Å². The van der Waals surface area contributed by atoms with Crippen LogP contribution in [0.3, 0.4) is 0 Å². The van der Waals surface area contributed by atoms with E-state index in [4.69, 9.17) is 11.6 Å². The van der Waals surface area contributed by atoms with E-state index in [9.17, 15) is 14.7 Å². The minimum atomic E-state index is -0.778. The van der Waals surface area contributed by atoms with Crippen LogP contribution in [-0.4, -0.2) is 25.5 Å². The standard InChI is InChI=1S/C12H11ClN4O3/c1-6-3-7(18)10(12(20)17(6)2)11(19)16-9-5-14-4-8(13)15-9/h3-5,18H,1-2H3,(H,15,16,19). The smallest absolute Gasteiger partial charge is 0.267 e. The second-order valence-corrected chi connectivity index (χ2v) is 4.48. The summed E-state index contributed by atoms with van der Waals surface area (Å²) in [5.74, 6) is -1.08. The molecule has 0 atom stereocenters. The van der Waals surface area contributed by atoms with Gasteiger partial charge >= 0.3 is 0 Å². The van der Waals surface area contributed by atoms with Crippen LogP contribution in [0, 0.1) is 6.92 Å². The van der Waals surface area contributed by atoms with Crippen molar-refractivity contribution in [2.75, 3.05) is 5.32 Å². The van der Waals surface area contributed by atoms with Crippen LogP contribution in [0.1, 0.15) is 16.1 Å². The van der Waals surface area contributed by atoms with Crippen LogP contribution in [0.5, 0.6) is 5.75 Å². The highest BCUT2D eigenvalue weighted by Gasteiger charge is 2.19. The number of hydrogen-bond acceptors (Lipinski definition) is 5. The molecule has 2 N–H and O–H groups in total. The topological polar surface area (TPSA) is 97.1 Å². The molecule has 0 aliphatic heterocycles. The maximum Gasteiger partial charge on any atom is 0.267 e. The van der Waals surface area contributed by atoms with Gasteiger partial charge in [0.2, 0.25) is 0 Å². The van der Waals surface area contributed by atoms with Crippen LogP contribution in [-0.2, 0) is 7.05 Å². The Hall–Kier alpha value is -2.41. The number of rotatable bonds is 2. The molecule has 2 aromatic rings. The number of anilines is 1. The Balaban J connectivity index is 2.40. The first-order chi connectivity index (χ1) is 9.40. The Bertz CT molecular complexity index is 742. The van der Waals surface area contributed by atoms with Crippen molar-refractivity contribution in [2.24, 2.45) is 7.05 Å². The Kier molecular flexibility index (Phi) is 3.71. The zero-order valence-electron chi connectivity index (χ0n) is 10.7. The molecule has 0 aliphatic rings. The van der Waals surface area contributed by atoms with Gasteiger partial charge in [0, 0.05) is 18.8 Å². The summed E-state index contributed by atoms with van der Waals surface area (Å²) in [4.78, 5) is 31.6. The molecule has 0 aromatic carbocycles. The van der Waals surface area contributed by atoms with Crippen molar-refractivity contribution in [2.45, 2.75) is 6.92 Å². The minimum absolute atomic E-state index is 0.0875. The predicted molar refractivity (Wildman–Crippen MR) is 73.1 cm³/mol. The van der Waals surface area contributed by atoms with Gasteiger partial charge in [-0.3, -0.25) is 14.6 Å². The summed E-state index contributed by atoms with van der Waals surface area (Å²) in [7, 11) is 1.51. The van der Waals surface area contributed by atoms with Gasteiger partial charge in [-0.15, -0.1) is 0 Å². The fourth-order valence-electron chi connectivity index (χ4n) is 1.60. The fourth-order valence-corrected chi connectivity index (χ4v) is 1.75. The van der Waals surface area contributed by atoms with Crippen molar-refractivity contribution in [1.82, 2.24) is 14.5 Å². The lowest BCUT2D eigenvalue weighted by atomic mass is 10.2. The summed E-state index contributed by atoms with van der Waals surface area (Å²) in [6.45, 7) is 1.64. The van der Waals surface area contributed by atoms with E-state index < -0.39 is 17.2 Å². The van der Waals surface area contributed by atoms with Gasteiger partial charge in [0.15, 0.2) is 5.82 Å². The number of amides is 1. The fraction of sp³-hybridized carbons (Fsp3) is 0.167. The second kappa shape index (κ2) is 5.30. The number of pyridine rings is 1. The van der Waals surface area contributed by atoms with Crippen molar-refractivity contribution in [1.29, 1.82) is 0 Å². The number of hydrogen-bond donors (Lipinski definition) is 2. The molecule has 2 aromatic heterocycles. The van der Waals surface area contributed by atoms with E-state index in [0.717, 1.165) is 0 Å². The number of halogens is 1. The number of aryl methyl sites for hydroxylation is 1. The highest BCUT2D eigenvalue weighted by atomic mass is 35.5.